The van der Waals surface area contributed by atoms with Crippen molar-refractivity contribution in [2.75, 3.05) is 0 Å². The van der Waals surface area contributed by atoms with Gasteiger partial charge in [-0.05, 0) is 36.8 Å². The van der Waals surface area contributed by atoms with Gasteiger partial charge in [-0.15, -0.1) is 0 Å². The van der Waals surface area contributed by atoms with E-state index in [2.05, 4.69) is 10.1 Å². The number of carboxylic acids is 1. The molecule has 0 bridgehead atoms. The predicted molar refractivity (Wildman–Crippen MR) is 123 cm³/mol. The van der Waals surface area contributed by atoms with Crippen molar-refractivity contribution in [2.45, 2.75) is 20.1 Å². The summed E-state index contributed by atoms with van der Waals surface area (Å²) in [5.41, 5.74) is 2.81. The molecule has 3 aromatic carbocycles. The minimum Gasteiger partial charge on any atom is -0.487 e. The van der Waals surface area contributed by atoms with Crippen LogP contribution in [-0.4, -0.2) is 21.8 Å². The Bertz CT molecular complexity index is 1230. The fourth-order valence-corrected chi connectivity index (χ4v) is 3.08. The summed E-state index contributed by atoms with van der Waals surface area (Å²) in [6.07, 6.45) is 0. The third-order valence-electron chi connectivity index (χ3n) is 4.85. The smallest absolute Gasteiger partial charge is 0.358 e. The number of ether oxygens (including phenoxy) is 1. The zero-order valence-corrected chi connectivity index (χ0v) is 18.0. The van der Waals surface area contributed by atoms with Crippen LogP contribution in [0.25, 0.3) is 11.5 Å². The lowest BCUT2D eigenvalue weighted by Gasteiger charge is -2.06. The summed E-state index contributed by atoms with van der Waals surface area (Å²) in [7, 11) is 0. The average molecular weight is 442 g/mol. The third kappa shape index (κ3) is 5.65. The highest BCUT2D eigenvalue weighted by atomic mass is 16.6. The molecule has 0 saturated heterocycles. The Balaban J connectivity index is 1.33. The molecule has 0 aliphatic heterocycles. The average Bonchev–Trinajstić information content (AvgIpc) is 3.22. The number of carbonyl (C=O) groups is 1. The van der Waals surface area contributed by atoms with Gasteiger partial charge >= 0.3 is 5.97 Å². The van der Waals surface area contributed by atoms with Gasteiger partial charge in [0.25, 0.3) is 0 Å². The summed E-state index contributed by atoms with van der Waals surface area (Å²) in [4.78, 5) is 21.2. The van der Waals surface area contributed by atoms with Crippen LogP contribution in [-0.2, 0) is 22.8 Å². The number of oxazole rings is 1. The Morgan fingerprint density at radius 3 is 2.27 bits per heavy atom. The predicted octanol–water partition coefficient (Wildman–Crippen LogP) is 5.23. The SMILES string of the molecule is Cc1oc(-c2ccccc2)nc1COc1ccc(CON=C(C(=O)O)c2ccccc2)cc1. The Morgan fingerprint density at radius 1 is 0.939 bits per heavy atom. The van der Waals surface area contributed by atoms with E-state index in [9.17, 15) is 9.90 Å². The van der Waals surface area contributed by atoms with Crippen molar-refractivity contribution in [1.29, 1.82) is 0 Å². The highest BCUT2D eigenvalue weighted by Gasteiger charge is 2.13. The van der Waals surface area contributed by atoms with Crippen LogP contribution in [0.5, 0.6) is 5.75 Å². The maximum atomic E-state index is 11.4. The van der Waals surface area contributed by atoms with Gasteiger partial charge in [0.05, 0.1) is 0 Å². The molecule has 1 heterocycles. The molecule has 166 valence electrons. The fourth-order valence-electron chi connectivity index (χ4n) is 3.08. The first-order valence-electron chi connectivity index (χ1n) is 10.3. The number of rotatable bonds is 9. The summed E-state index contributed by atoms with van der Waals surface area (Å²) in [6.45, 7) is 2.27. The van der Waals surface area contributed by atoms with Crippen LogP contribution >= 0.6 is 0 Å². The van der Waals surface area contributed by atoms with E-state index in [0.717, 1.165) is 16.8 Å². The van der Waals surface area contributed by atoms with E-state index < -0.39 is 5.97 Å². The molecule has 0 saturated carbocycles. The number of hydrogen-bond acceptors (Lipinski definition) is 6. The number of carboxylic acid groups (broad SMARTS) is 1. The molecule has 0 fully saturated rings. The molecule has 0 atom stereocenters. The van der Waals surface area contributed by atoms with Crippen LogP contribution in [0, 0.1) is 6.92 Å². The standard InChI is InChI=1S/C26H22N2O5/c1-18-23(27-25(33-18)21-10-6-3-7-11-21)17-31-22-14-12-19(13-15-22)16-32-28-24(26(29)30)20-8-4-2-5-9-20/h2-15H,16-17H2,1H3,(H,29,30). The zero-order chi connectivity index (χ0) is 23.0. The van der Waals surface area contributed by atoms with E-state index in [4.69, 9.17) is 14.0 Å². The molecule has 1 aromatic heterocycles. The van der Waals surface area contributed by atoms with Crippen LogP contribution in [0.15, 0.2) is 94.5 Å². The topological polar surface area (TPSA) is 94.2 Å². The van der Waals surface area contributed by atoms with Gasteiger partial charge in [0.15, 0.2) is 5.71 Å². The lowest BCUT2D eigenvalue weighted by molar-refractivity contribution is -0.129. The molecule has 0 amide bonds. The third-order valence-corrected chi connectivity index (χ3v) is 4.85. The molecule has 0 radical (unpaired) electrons. The van der Waals surface area contributed by atoms with E-state index in [-0.39, 0.29) is 18.9 Å². The molecule has 7 nitrogen and oxygen atoms in total. The molecule has 0 spiro atoms. The first kappa shape index (κ1) is 21.8. The number of hydrogen-bond donors (Lipinski definition) is 1. The van der Waals surface area contributed by atoms with Gasteiger partial charge in [-0.2, -0.15) is 0 Å². The quantitative estimate of drug-likeness (QED) is 0.282. The molecule has 33 heavy (non-hydrogen) atoms. The highest BCUT2D eigenvalue weighted by molar-refractivity contribution is 6.42. The Hall–Kier alpha value is -4.39. The summed E-state index contributed by atoms with van der Waals surface area (Å²) in [5, 5.41) is 13.2. The monoisotopic (exact) mass is 442 g/mol. The maximum absolute atomic E-state index is 11.4. The second-order valence-electron chi connectivity index (χ2n) is 7.21. The molecule has 0 unspecified atom stereocenters. The largest absolute Gasteiger partial charge is 0.487 e. The number of aromatic nitrogens is 1. The lowest BCUT2D eigenvalue weighted by Crippen LogP contribution is -2.14. The van der Waals surface area contributed by atoms with Gasteiger partial charge in [0.1, 0.15) is 30.4 Å². The second-order valence-corrected chi connectivity index (χ2v) is 7.21. The molecule has 4 rings (SSSR count). The van der Waals surface area contributed by atoms with Gasteiger partial charge in [0.2, 0.25) is 5.89 Å². The fraction of sp³-hybridized carbons (Fsp3) is 0.115. The van der Waals surface area contributed by atoms with Crippen LogP contribution in [0.2, 0.25) is 0 Å². The Labute approximate surface area is 190 Å². The van der Waals surface area contributed by atoms with E-state index in [0.29, 0.717) is 23.0 Å². The van der Waals surface area contributed by atoms with Crippen LogP contribution in [0.4, 0.5) is 0 Å². The van der Waals surface area contributed by atoms with Crippen LogP contribution in [0.1, 0.15) is 22.6 Å². The number of aryl methyl sites for hydroxylation is 1. The van der Waals surface area contributed by atoms with Gasteiger partial charge in [-0.25, -0.2) is 9.78 Å². The maximum Gasteiger partial charge on any atom is 0.358 e. The van der Waals surface area contributed by atoms with Crippen LogP contribution in [0.3, 0.4) is 0 Å². The first-order chi connectivity index (χ1) is 16.1. The molecule has 4 aromatic rings. The van der Waals surface area contributed by atoms with Crippen molar-refractivity contribution < 1.29 is 23.9 Å². The highest BCUT2D eigenvalue weighted by Crippen LogP contribution is 2.23. The van der Waals surface area contributed by atoms with Crippen molar-refractivity contribution >= 4 is 11.7 Å². The number of aliphatic carboxylic acids is 1. The number of oxime groups is 1. The second kappa shape index (κ2) is 10.3. The van der Waals surface area contributed by atoms with Crippen molar-refractivity contribution in [1.82, 2.24) is 4.98 Å². The van der Waals surface area contributed by atoms with Crippen molar-refractivity contribution in [3.05, 3.63) is 108 Å². The summed E-state index contributed by atoms with van der Waals surface area (Å²) in [6, 6.07) is 25.6. The Kier molecular flexibility index (Phi) is 6.80. The molecule has 0 aliphatic rings. The minimum absolute atomic E-state index is 0.132. The van der Waals surface area contributed by atoms with Gasteiger partial charge in [0, 0.05) is 11.1 Å². The normalized spacial score (nSPS) is 11.2. The molecular weight excluding hydrogens is 420 g/mol. The molecule has 1 N–H and O–H groups in total. The summed E-state index contributed by atoms with van der Waals surface area (Å²) >= 11 is 0. The van der Waals surface area contributed by atoms with Gasteiger partial charge in [-0.1, -0.05) is 65.8 Å². The van der Waals surface area contributed by atoms with Crippen LogP contribution < -0.4 is 4.74 Å². The minimum atomic E-state index is -1.15. The van der Waals surface area contributed by atoms with Gasteiger partial charge in [-0.3, -0.25) is 0 Å². The number of benzene rings is 3. The van der Waals surface area contributed by atoms with E-state index in [1.807, 2.05) is 61.5 Å². The van der Waals surface area contributed by atoms with Crippen molar-refractivity contribution in [3.63, 3.8) is 0 Å². The molecule has 7 heteroatoms. The van der Waals surface area contributed by atoms with E-state index >= 15 is 0 Å². The summed E-state index contributed by atoms with van der Waals surface area (Å²) in [5.74, 6) is 0.797. The number of nitrogens with zero attached hydrogens (tertiary/aromatic N) is 2. The first-order valence-corrected chi connectivity index (χ1v) is 10.3. The zero-order valence-electron chi connectivity index (χ0n) is 18.0. The van der Waals surface area contributed by atoms with E-state index in [1.165, 1.54) is 0 Å². The summed E-state index contributed by atoms with van der Waals surface area (Å²) < 4.78 is 11.6. The van der Waals surface area contributed by atoms with Crippen molar-refractivity contribution in [3.8, 4) is 17.2 Å². The lowest BCUT2D eigenvalue weighted by atomic mass is 10.1. The molecular formula is C26H22N2O5. The van der Waals surface area contributed by atoms with Crippen molar-refractivity contribution in [2.24, 2.45) is 5.16 Å². The van der Waals surface area contributed by atoms with E-state index in [1.54, 1.807) is 30.3 Å². The molecule has 0 aliphatic carbocycles. The van der Waals surface area contributed by atoms with Gasteiger partial charge < -0.3 is 19.1 Å². The Morgan fingerprint density at radius 2 is 1.61 bits per heavy atom.